The van der Waals surface area contributed by atoms with Gasteiger partial charge in [0, 0.05) is 19.5 Å². The van der Waals surface area contributed by atoms with Crippen molar-refractivity contribution in [2.75, 3.05) is 19.7 Å². The van der Waals surface area contributed by atoms with Gasteiger partial charge in [-0.2, -0.15) is 0 Å². The van der Waals surface area contributed by atoms with E-state index in [1.165, 1.54) is 0 Å². The van der Waals surface area contributed by atoms with Gasteiger partial charge in [0.25, 0.3) is 5.91 Å². The van der Waals surface area contributed by atoms with Crippen LogP contribution in [0.1, 0.15) is 35.2 Å². The van der Waals surface area contributed by atoms with Crippen LogP contribution in [0.25, 0.3) is 10.8 Å². The van der Waals surface area contributed by atoms with E-state index in [0.29, 0.717) is 43.7 Å². The van der Waals surface area contributed by atoms with Crippen molar-refractivity contribution < 1.29 is 24.2 Å². The quantitative estimate of drug-likeness (QED) is 0.230. The number of benzene rings is 3. The molecule has 7 N–H and O–H groups in total. The molecule has 0 aliphatic carbocycles. The molecule has 0 aliphatic rings. The highest BCUT2D eigenvalue weighted by Gasteiger charge is 2.15. The Kier molecular flexibility index (Phi) is 9.64. The molecular weight excluding hydrogens is 460 g/mol. The van der Waals surface area contributed by atoms with Crippen molar-refractivity contribution in [3.05, 3.63) is 71.8 Å². The Balaban J connectivity index is 1.47. The summed E-state index contributed by atoms with van der Waals surface area (Å²) in [5.41, 5.74) is 12.4. The predicted octanol–water partition coefficient (Wildman–Crippen LogP) is 2.00. The number of amides is 3. The molecular formula is C27H32N4O5. The van der Waals surface area contributed by atoms with Crippen LogP contribution in [0.2, 0.25) is 0 Å². The lowest BCUT2D eigenvalue weighted by Crippen LogP contribution is -2.42. The lowest BCUT2D eigenvalue weighted by atomic mass is 10.1. The molecule has 190 valence electrons. The molecule has 3 amide bonds. The van der Waals surface area contributed by atoms with Crippen LogP contribution in [0.4, 0.5) is 0 Å². The minimum atomic E-state index is -0.681. The summed E-state index contributed by atoms with van der Waals surface area (Å²) in [6.45, 7) is 0.952. The van der Waals surface area contributed by atoms with E-state index in [4.69, 9.17) is 16.2 Å². The molecule has 0 bridgehead atoms. The Labute approximate surface area is 209 Å². The molecule has 0 saturated heterocycles. The zero-order valence-electron chi connectivity index (χ0n) is 20.0. The molecule has 0 radical (unpaired) electrons. The number of aromatic hydroxyl groups is 1. The van der Waals surface area contributed by atoms with E-state index in [1.54, 1.807) is 30.3 Å². The minimum Gasteiger partial charge on any atom is -0.508 e. The number of phenols is 1. The third-order valence-corrected chi connectivity index (χ3v) is 5.61. The lowest BCUT2D eigenvalue weighted by Gasteiger charge is -2.14. The molecule has 36 heavy (non-hydrogen) atoms. The lowest BCUT2D eigenvalue weighted by molar-refractivity contribution is -0.122. The van der Waals surface area contributed by atoms with E-state index in [2.05, 4.69) is 10.6 Å². The van der Waals surface area contributed by atoms with Gasteiger partial charge in [0.2, 0.25) is 11.8 Å². The summed E-state index contributed by atoms with van der Waals surface area (Å²) in [5.74, 6) is -0.456. The molecule has 1 atom stereocenters. The molecule has 0 aromatic heterocycles. The second-order valence-electron chi connectivity index (χ2n) is 8.49. The van der Waals surface area contributed by atoms with Gasteiger partial charge in [-0.1, -0.05) is 36.4 Å². The molecule has 3 aromatic rings. The molecule has 0 aliphatic heterocycles. The number of primary amides is 1. The van der Waals surface area contributed by atoms with Crippen LogP contribution in [0.5, 0.6) is 11.5 Å². The van der Waals surface area contributed by atoms with E-state index < -0.39 is 11.9 Å². The second kappa shape index (κ2) is 13.1. The number of hydrogen-bond acceptors (Lipinski definition) is 6. The van der Waals surface area contributed by atoms with Crippen LogP contribution in [0.3, 0.4) is 0 Å². The van der Waals surface area contributed by atoms with Crippen molar-refractivity contribution in [1.82, 2.24) is 10.6 Å². The third kappa shape index (κ3) is 7.99. The van der Waals surface area contributed by atoms with E-state index in [1.807, 2.05) is 30.3 Å². The van der Waals surface area contributed by atoms with Crippen LogP contribution in [-0.2, 0) is 16.0 Å². The minimum absolute atomic E-state index is 0.0554. The SMILES string of the molecule is NC(=O)CCNC(=O)c1cc2ccccc2cc1OCCCCNC(=O)C(N)Cc1ccc(O)cc1. The smallest absolute Gasteiger partial charge is 0.255 e. The maximum absolute atomic E-state index is 12.7. The summed E-state index contributed by atoms with van der Waals surface area (Å²) >= 11 is 0. The van der Waals surface area contributed by atoms with Gasteiger partial charge in [-0.05, 0) is 59.9 Å². The summed E-state index contributed by atoms with van der Waals surface area (Å²) in [4.78, 5) is 35.9. The molecule has 9 heteroatoms. The van der Waals surface area contributed by atoms with Gasteiger partial charge in [-0.15, -0.1) is 0 Å². The molecule has 0 fully saturated rings. The average molecular weight is 493 g/mol. The standard InChI is InChI=1S/C27H32N4O5/c28-23(15-18-7-9-21(32)10-8-18)27(35)30-12-3-4-14-36-24-17-20-6-2-1-5-19(20)16-22(24)26(34)31-13-11-25(29)33/h1-2,5-10,16-17,23,32H,3-4,11-15,28H2,(H2,29,33)(H,30,35)(H,31,34). The molecule has 0 saturated carbocycles. The van der Waals surface area contributed by atoms with Gasteiger partial charge < -0.3 is 31.9 Å². The van der Waals surface area contributed by atoms with Crippen molar-refractivity contribution >= 4 is 28.5 Å². The van der Waals surface area contributed by atoms with Gasteiger partial charge >= 0.3 is 0 Å². The Morgan fingerprint density at radius 3 is 2.31 bits per heavy atom. The topological polar surface area (TPSA) is 157 Å². The number of nitrogens with one attached hydrogen (secondary N) is 2. The number of carbonyl (C=O) groups excluding carboxylic acids is 3. The van der Waals surface area contributed by atoms with Crippen molar-refractivity contribution in [2.45, 2.75) is 31.7 Å². The van der Waals surface area contributed by atoms with Crippen LogP contribution in [0.15, 0.2) is 60.7 Å². The number of nitrogens with two attached hydrogens (primary N) is 2. The number of ether oxygens (including phenoxy) is 1. The molecule has 1 unspecified atom stereocenters. The van der Waals surface area contributed by atoms with E-state index in [0.717, 1.165) is 16.3 Å². The fourth-order valence-corrected chi connectivity index (χ4v) is 3.64. The van der Waals surface area contributed by atoms with Gasteiger partial charge in [-0.3, -0.25) is 14.4 Å². The first-order chi connectivity index (χ1) is 17.3. The first kappa shape index (κ1) is 26.5. The highest BCUT2D eigenvalue weighted by Crippen LogP contribution is 2.26. The summed E-state index contributed by atoms with van der Waals surface area (Å²) in [6.07, 6.45) is 1.76. The first-order valence-electron chi connectivity index (χ1n) is 11.9. The number of unbranched alkanes of at least 4 members (excludes halogenated alkanes) is 1. The summed E-state index contributed by atoms with van der Waals surface area (Å²) in [7, 11) is 0. The molecule has 0 spiro atoms. The van der Waals surface area contributed by atoms with E-state index >= 15 is 0 Å². The van der Waals surface area contributed by atoms with Crippen LogP contribution < -0.4 is 26.8 Å². The van der Waals surface area contributed by atoms with Crippen molar-refractivity contribution in [3.63, 3.8) is 0 Å². The largest absolute Gasteiger partial charge is 0.508 e. The zero-order valence-corrected chi connectivity index (χ0v) is 20.0. The molecule has 3 aromatic carbocycles. The Hall–Kier alpha value is -4.11. The zero-order chi connectivity index (χ0) is 25.9. The monoisotopic (exact) mass is 492 g/mol. The number of carbonyl (C=O) groups is 3. The molecule has 9 nitrogen and oxygen atoms in total. The Morgan fingerprint density at radius 2 is 1.61 bits per heavy atom. The maximum Gasteiger partial charge on any atom is 0.255 e. The second-order valence-corrected chi connectivity index (χ2v) is 8.49. The van der Waals surface area contributed by atoms with E-state index in [9.17, 15) is 19.5 Å². The van der Waals surface area contributed by atoms with E-state index in [-0.39, 0.29) is 30.5 Å². The summed E-state index contributed by atoms with van der Waals surface area (Å²) in [5, 5.41) is 16.7. The predicted molar refractivity (Wildman–Crippen MR) is 138 cm³/mol. The van der Waals surface area contributed by atoms with Gasteiger partial charge in [0.05, 0.1) is 18.2 Å². The maximum atomic E-state index is 12.7. The van der Waals surface area contributed by atoms with Crippen LogP contribution in [-0.4, -0.2) is 48.6 Å². The molecule has 0 heterocycles. The van der Waals surface area contributed by atoms with Crippen molar-refractivity contribution in [3.8, 4) is 11.5 Å². The number of fused-ring (bicyclic) bond motifs is 1. The normalized spacial score (nSPS) is 11.6. The fraction of sp³-hybridized carbons (Fsp3) is 0.296. The molecule has 3 rings (SSSR count). The van der Waals surface area contributed by atoms with Crippen LogP contribution >= 0.6 is 0 Å². The van der Waals surface area contributed by atoms with Gasteiger partial charge in [0.1, 0.15) is 11.5 Å². The number of phenolic OH excluding ortho intramolecular Hbond substituents is 1. The third-order valence-electron chi connectivity index (χ3n) is 5.61. The Morgan fingerprint density at radius 1 is 0.917 bits per heavy atom. The average Bonchev–Trinajstić information content (AvgIpc) is 2.86. The van der Waals surface area contributed by atoms with Gasteiger partial charge in [-0.25, -0.2) is 0 Å². The summed E-state index contributed by atoms with van der Waals surface area (Å²) in [6, 6.07) is 17.1. The summed E-state index contributed by atoms with van der Waals surface area (Å²) < 4.78 is 5.93. The van der Waals surface area contributed by atoms with Gasteiger partial charge in [0.15, 0.2) is 0 Å². The number of hydrogen-bond donors (Lipinski definition) is 5. The fourth-order valence-electron chi connectivity index (χ4n) is 3.64. The highest BCUT2D eigenvalue weighted by molar-refractivity contribution is 6.01. The highest BCUT2D eigenvalue weighted by atomic mass is 16.5. The van der Waals surface area contributed by atoms with Crippen LogP contribution in [0, 0.1) is 0 Å². The first-order valence-corrected chi connectivity index (χ1v) is 11.9. The van der Waals surface area contributed by atoms with Crippen molar-refractivity contribution in [1.29, 1.82) is 0 Å². The number of rotatable bonds is 13. The van der Waals surface area contributed by atoms with Crippen molar-refractivity contribution in [2.24, 2.45) is 11.5 Å². The Bertz CT molecular complexity index is 1200.